The van der Waals surface area contributed by atoms with Crippen molar-refractivity contribution in [3.63, 3.8) is 0 Å². The van der Waals surface area contributed by atoms with Crippen molar-refractivity contribution in [2.75, 3.05) is 19.8 Å². The Bertz CT molecular complexity index is 691. The molecule has 0 spiro atoms. The number of nitrogens with zero attached hydrogens (tertiary/aromatic N) is 5. The van der Waals surface area contributed by atoms with Crippen LogP contribution in [0, 0.1) is 6.92 Å². The van der Waals surface area contributed by atoms with Crippen LogP contribution in [-0.2, 0) is 29.5 Å². The molecule has 8 heteroatoms. The van der Waals surface area contributed by atoms with Gasteiger partial charge < -0.3 is 14.2 Å². The Morgan fingerprint density at radius 1 is 1.45 bits per heavy atom. The van der Waals surface area contributed by atoms with Gasteiger partial charge in [0.1, 0.15) is 6.61 Å². The summed E-state index contributed by atoms with van der Waals surface area (Å²) in [5.74, 6) is 0.951. The molecule has 0 N–H and O–H groups in total. The molecular weight excluding hydrogens is 286 g/mol. The van der Waals surface area contributed by atoms with Crippen molar-refractivity contribution in [3.8, 4) is 11.6 Å². The summed E-state index contributed by atoms with van der Waals surface area (Å²) < 4.78 is 12.3. The summed E-state index contributed by atoms with van der Waals surface area (Å²) in [5, 5.41) is 8.29. The smallest absolute Gasteiger partial charge is 0.278 e. The number of ether oxygens (including phenoxy) is 1. The molecule has 0 bridgehead atoms. The van der Waals surface area contributed by atoms with Crippen LogP contribution in [0.4, 0.5) is 0 Å². The molecule has 0 unspecified atom stereocenters. The van der Waals surface area contributed by atoms with E-state index in [-0.39, 0.29) is 12.5 Å². The second kappa shape index (κ2) is 5.88. The highest BCUT2D eigenvalue weighted by molar-refractivity contribution is 5.78. The molecule has 0 saturated carbocycles. The van der Waals surface area contributed by atoms with Gasteiger partial charge in [-0.25, -0.2) is 0 Å². The molecule has 0 saturated heterocycles. The molecule has 0 atom stereocenters. The van der Waals surface area contributed by atoms with E-state index in [1.165, 1.54) is 0 Å². The number of aromatic nitrogens is 4. The van der Waals surface area contributed by atoms with Gasteiger partial charge in [-0.1, -0.05) is 5.16 Å². The van der Waals surface area contributed by atoms with Crippen LogP contribution in [0.15, 0.2) is 4.52 Å². The molecule has 1 amide bonds. The highest BCUT2D eigenvalue weighted by Crippen LogP contribution is 2.28. The van der Waals surface area contributed by atoms with Gasteiger partial charge in [0.25, 0.3) is 5.89 Å². The third-order valence-corrected chi connectivity index (χ3v) is 3.75. The molecule has 8 nitrogen and oxygen atoms in total. The Hall–Kier alpha value is -2.22. The molecule has 1 aliphatic rings. The van der Waals surface area contributed by atoms with Crippen LogP contribution in [0.5, 0.6) is 0 Å². The van der Waals surface area contributed by atoms with Gasteiger partial charge >= 0.3 is 0 Å². The summed E-state index contributed by atoms with van der Waals surface area (Å²) in [7, 11) is 1.89. The highest BCUT2D eigenvalue weighted by Gasteiger charge is 2.29. The molecule has 0 fully saturated rings. The molecule has 0 aliphatic carbocycles. The van der Waals surface area contributed by atoms with Crippen LogP contribution < -0.4 is 0 Å². The van der Waals surface area contributed by atoms with E-state index in [9.17, 15) is 4.79 Å². The first kappa shape index (κ1) is 14.7. The van der Waals surface area contributed by atoms with Gasteiger partial charge in [-0.3, -0.25) is 9.48 Å². The Morgan fingerprint density at radius 2 is 2.27 bits per heavy atom. The fourth-order valence-corrected chi connectivity index (χ4v) is 2.65. The number of hydrogen-bond acceptors (Lipinski definition) is 6. The van der Waals surface area contributed by atoms with Crippen molar-refractivity contribution in [1.82, 2.24) is 24.8 Å². The van der Waals surface area contributed by atoms with Gasteiger partial charge in [0.2, 0.25) is 5.91 Å². The van der Waals surface area contributed by atoms with E-state index in [2.05, 4.69) is 15.2 Å². The largest absolute Gasteiger partial charge is 0.372 e. The minimum Gasteiger partial charge on any atom is -0.372 e. The Labute approximate surface area is 128 Å². The molecule has 0 radical (unpaired) electrons. The first-order valence-corrected chi connectivity index (χ1v) is 7.31. The fourth-order valence-electron chi connectivity index (χ4n) is 2.65. The standard InChI is InChI=1S/C14H19N5O3/c1-4-21-8-12(20)19-6-5-11-10(7-19)13(16-18(11)3)14-15-9(2)17-22-14/h4-8H2,1-3H3. The predicted octanol–water partition coefficient (Wildman–Crippen LogP) is 0.700. The van der Waals surface area contributed by atoms with Crippen LogP contribution in [0.2, 0.25) is 0 Å². The van der Waals surface area contributed by atoms with Crippen molar-refractivity contribution in [2.45, 2.75) is 26.8 Å². The summed E-state index contributed by atoms with van der Waals surface area (Å²) in [6, 6.07) is 0. The number of carbonyl (C=O) groups excluding carboxylic acids is 1. The van der Waals surface area contributed by atoms with Crippen LogP contribution in [0.25, 0.3) is 11.6 Å². The normalized spacial score (nSPS) is 14.2. The SMILES string of the molecule is CCOCC(=O)N1CCc2c(c(-c3nc(C)no3)nn2C)C1. The maximum Gasteiger partial charge on any atom is 0.278 e. The Morgan fingerprint density at radius 3 is 2.95 bits per heavy atom. The monoisotopic (exact) mass is 305 g/mol. The van der Waals surface area contributed by atoms with Crippen molar-refractivity contribution < 1.29 is 14.1 Å². The molecule has 2 aromatic heterocycles. The lowest BCUT2D eigenvalue weighted by atomic mass is 10.0. The Kier molecular flexibility index (Phi) is 3.93. The minimum atomic E-state index is -0.0102. The first-order valence-electron chi connectivity index (χ1n) is 7.31. The molecule has 2 aromatic rings. The molecule has 118 valence electrons. The first-order chi connectivity index (χ1) is 10.6. The second-order valence-corrected chi connectivity index (χ2v) is 5.25. The quantitative estimate of drug-likeness (QED) is 0.826. The lowest BCUT2D eigenvalue weighted by molar-refractivity contribution is -0.136. The number of aryl methyl sites for hydroxylation is 2. The average Bonchev–Trinajstić information content (AvgIpc) is 3.08. The summed E-state index contributed by atoms with van der Waals surface area (Å²) in [6.45, 7) is 5.44. The molecule has 3 heterocycles. The number of hydrogen-bond donors (Lipinski definition) is 0. The van der Waals surface area contributed by atoms with E-state index in [1.54, 1.807) is 11.8 Å². The van der Waals surface area contributed by atoms with Crippen molar-refractivity contribution in [3.05, 3.63) is 17.1 Å². The summed E-state index contributed by atoms with van der Waals surface area (Å²) in [4.78, 5) is 18.2. The van der Waals surface area contributed by atoms with E-state index in [0.717, 1.165) is 17.7 Å². The summed E-state index contributed by atoms with van der Waals surface area (Å²) in [5.41, 5.74) is 2.74. The Balaban J connectivity index is 1.88. The molecule has 0 aromatic carbocycles. The molecule has 22 heavy (non-hydrogen) atoms. The van der Waals surface area contributed by atoms with Crippen LogP contribution >= 0.6 is 0 Å². The van der Waals surface area contributed by atoms with Gasteiger partial charge in [0.05, 0.1) is 0 Å². The topological polar surface area (TPSA) is 86.3 Å². The van der Waals surface area contributed by atoms with Crippen LogP contribution in [0.1, 0.15) is 24.0 Å². The van der Waals surface area contributed by atoms with Gasteiger partial charge in [-0.15, -0.1) is 0 Å². The number of fused-ring (bicyclic) bond motifs is 1. The van der Waals surface area contributed by atoms with Crippen molar-refractivity contribution in [2.24, 2.45) is 7.05 Å². The zero-order valence-electron chi connectivity index (χ0n) is 13.0. The van der Waals surface area contributed by atoms with E-state index in [4.69, 9.17) is 9.26 Å². The third-order valence-electron chi connectivity index (χ3n) is 3.75. The predicted molar refractivity (Wildman–Crippen MR) is 76.9 cm³/mol. The fraction of sp³-hybridized carbons (Fsp3) is 0.571. The maximum atomic E-state index is 12.1. The highest BCUT2D eigenvalue weighted by atomic mass is 16.5. The van der Waals surface area contributed by atoms with Crippen molar-refractivity contribution in [1.29, 1.82) is 0 Å². The average molecular weight is 305 g/mol. The van der Waals surface area contributed by atoms with Crippen molar-refractivity contribution >= 4 is 5.91 Å². The number of carbonyl (C=O) groups is 1. The van der Waals surface area contributed by atoms with E-state index < -0.39 is 0 Å². The minimum absolute atomic E-state index is 0.0102. The maximum absolute atomic E-state index is 12.1. The molecular formula is C14H19N5O3. The summed E-state index contributed by atoms with van der Waals surface area (Å²) in [6.07, 6.45) is 0.754. The van der Waals surface area contributed by atoms with Gasteiger partial charge in [-0.2, -0.15) is 10.1 Å². The lowest BCUT2D eigenvalue weighted by Gasteiger charge is -2.27. The lowest BCUT2D eigenvalue weighted by Crippen LogP contribution is -2.38. The van der Waals surface area contributed by atoms with Gasteiger partial charge in [0, 0.05) is 44.4 Å². The second-order valence-electron chi connectivity index (χ2n) is 5.25. The van der Waals surface area contributed by atoms with Crippen LogP contribution in [0.3, 0.4) is 0 Å². The summed E-state index contributed by atoms with van der Waals surface area (Å²) >= 11 is 0. The molecule has 3 rings (SSSR count). The van der Waals surface area contributed by atoms with Gasteiger partial charge in [-0.05, 0) is 13.8 Å². The number of rotatable bonds is 4. The van der Waals surface area contributed by atoms with E-state index >= 15 is 0 Å². The van der Waals surface area contributed by atoms with Crippen LogP contribution in [-0.4, -0.2) is 50.5 Å². The molecule has 1 aliphatic heterocycles. The van der Waals surface area contributed by atoms with Gasteiger partial charge in [0.15, 0.2) is 11.5 Å². The zero-order valence-corrected chi connectivity index (χ0v) is 13.0. The van der Waals surface area contributed by atoms with E-state index in [0.29, 0.717) is 37.1 Å². The third kappa shape index (κ3) is 2.61. The van der Waals surface area contributed by atoms with E-state index in [1.807, 2.05) is 18.7 Å². The number of amides is 1. The zero-order chi connectivity index (χ0) is 15.7.